The number of carbonyl (C=O) groups excluding carboxylic acids is 1. The topological polar surface area (TPSA) is 88.5 Å². The fourth-order valence-electron chi connectivity index (χ4n) is 4.30. The van der Waals surface area contributed by atoms with Crippen LogP contribution in [0, 0.1) is 0 Å². The minimum Gasteiger partial charge on any atom is -0.497 e. The van der Waals surface area contributed by atoms with E-state index in [1.54, 1.807) is 34.8 Å². The number of amides is 2. The average molecular weight is 550 g/mol. The summed E-state index contributed by atoms with van der Waals surface area (Å²) in [6.07, 6.45) is 0.439. The maximum atomic E-state index is 13.8. The number of para-hydroxylation sites is 1. The molecule has 2 heterocycles. The van der Waals surface area contributed by atoms with Gasteiger partial charge in [0.25, 0.3) is 5.56 Å². The number of rotatable bonds is 6. The van der Waals surface area contributed by atoms with Gasteiger partial charge < -0.3 is 20.3 Å². The summed E-state index contributed by atoms with van der Waals surface area (Å²) in [6.45, 7) is 0.991. The number of ether oxygens (including phenoxy) is 1. The zero-order chi connectivity index (χ0) is 26.6. The van der Waals surface area contributed by atoms with Gasteiger partial charge in [-0.2, -0.15) is 0 Å². The number of hydrogen-bond acceptors (Lipinski definition) is 5. The van der Waals surface area contributed by atoms with Gasteiger partial charge in [0.2, 0.25) is 5.95 Å². The van der Waals surface area contributed by atoms with Crippen molar-refractivity contribution in [1.29, 1.82) is 0 Å². The summed E-state index contributed by atoms with van der Waals surface area (Å²) in [5.41, 5.74) is 3.02. The number of halogens is 2. The number of carbonyl (C=O) groups is 1. The molecule has 0 bridgehead atoms. The van der Waals surface area contributed by atoms with Crippen molar-refractivity contribution in [3.05, 3.63) is 110 Å². The normalized spacial score (nSPS) is 12.6. The van der Waals surface area contributed by atoms with Crippen molar-refractivity contribution < 1.29 is 9.53 Å². The molecule has 1 aromatic heterocycles. The first-order chi connectivity index (χ1) is 18.4. The summed E-state index contributed by atoms with van der Waals surface area (Å²) < 4.78 is 6.79. The van der Waals surface area contributed by atoms with Crippen LogP contribution in [0.2, 0.25) is 10.0 Å². The Balaban J connectivity index is 1.44. The molecule has 0 spiro atoms. The number of nitrogens with one attached hydrogen (secondary N) is 2. The van der Waals surface area contributed by atoms with E-state index in [1.165, 1.54) is 0 Å². The van der Waals surface area contributed by atoms with E-state index in [4.69, 9.17) is 32.9 Å². The number of methoxy groups -OCH3 is 1. The number of urea groups is 1. The second-order valence-corrected chi connectivity index (χ2v) is 9.53. The van der Waals surface area contributed by atoms with E-state index in [9.17, 15) is 9.59 Å². The fraction of sp³-hybridized carbons (Fsp3) is 0.179. The zero-order valence-electron chi connectivity index (χ0n) is 20.6. The van der Waals surface area contributed by atoms with E-state index in [2.05, 4.69) is 10.6 Å². The van der Waals surface area contributed by atoms with Crippen LogP contribution < -0.4 is 20.9 Å². The van der Waals surface area contributed by atoms with Crippen LogP contribution in [0.1, 0.15) is 16.8 Å². The highest BCUT2D eigenvalue weighted by Crippen LogP contribution is 2.30. The van der Waals surface area contributed by atoms with Gasteiger partial charge >= 0.3 is 6.03 Å². The molecule has 0 unspecified atom stereocenters. The summed E-state index contributed by atoms with van der Waals surface area (Å²) in [7, 11) is 1.63. The summed E-state index contributed by atoms with van der Waals surface area (Å²) in [6, 6.07) is 21.7. The highest BCUT2D eigenvalue weighted by Gasteiger charge is 2.27. The predicted octanol–water partition coefficient (Wildman–Crippen LogP) is 5.75. The van der Waals surface area contributed by atoms with Crippen LogP contribution in [-0.4, -0.2) is 34.1 Å². The van der Waals surface area contributed by atoms with Crippen molar-refractivity contribution in [2.75, 3.05) is 24.3 Å². The van der Waals surface area contributed by atoms with Crippen molar-refractivity contribution in [3.63, 3.8) is 0 Å². The van der Waals surface area contributed by atoms with Crippen LogP contribution in [0.5, 0.6) is 5.75 Å². The van der Waals surface area contributed by atoms with E-state index in [-0.39, 0.29) is 23.2 Å². The largest absolute Gasteiger partial charge is 0.497 e. The second-order valence-electron chi connectivity index (χ2n) is 8.74. The van der Waals surface area contributed by atoms with Crippen LogP contribution >= 0.6 is 23.2 Å². The third kappa shape index (κ3) is 5.32. The third-order valence-corrected chi connectivity index (χ3v) is 7.15. The van der Waals surface area contributed by atoms with Gasteiger partial charge in [0, 0.05) is 19.5 Å². The third-order valence-electron chi connectivity index (χ3n) is 6.33. The molecule has 0 fully saturated rings. The lowest BCUT2D eigenvalue weighted by atomic mass is 10.1. The van der Waals surface area contributed by atoms with Crippen LogP contribution in [-0.2, 0) is 19.5 Å². The predicted molar refractivity (Wildman–Crippen MR) is 150 cm³/mol. The second kappa shape index (κ2) is 11.2. The molecule has 5 rings (SSSR count). The minimum absolute atomic E-state index is 0.122. The maximum absolute atomic E-state index is 13.8. The molecular weight excluding hydrogens is 525 g/mol. The first kappa shape index (κ1) is 25.6. The van der Waals surface area contributed by atoms with Crippen molar-refractivity contribution in [1.82, 2.24) is 14.5 Å². The lowest BCUT2D eigenvalue weighted by molar-refractivity contribution is 0.205. The molecule has 8 nitrogen and oxygen atoms in total. The van der Waals surface area contributed by atoms with Crippen LogP contribution in [0.4, 0.5) is 16.4 Å². The van der Waals surface area contributed by atoms with Crippen molar-refractivity contribution >= 4 is 40.9 Å². The Morgan fingerprint density at radius 2 is 1.79 bits per heavy atom. The van der Waals surface area contributed by atoms with Crippen LogP contribution in [0.3, 0.4) is 0 Å². The van der Waals surface area contributed by atoms with E-state index < -0.39 is 0 Å². The standard InChI is InChI=1S/C28H25Cl2N5O3/c1-38-20-12-10-18(11-13-20)16-31-27-32-23-14-15-34(28(37)33-24-9-5-8-22(29)25(24)30)17-21(23)26(36)35(27)19-6-3-2-4-7-19/h2-13H,14-17H2,1H3,(H,31,32)(H,33,37). The molecule has 0 saturated heterocycles. The molecule has 1 aliphatic heterocycles. The van der Waals surface area contributed by atoms with Crippen molar-refractivity contribution in [3.8, 4) is 11.4 Å². The van der Waals surface area contributed by atoms with Gasteiger partial charge in [-0.05, 0) is 42.0 Å². The molecule has 10 heteroatoms. The molecule has 0 aliphatic carbocycles. The minimum atomic E-state index is -0.368. The number of hydrogen-bond donors (Lipinski definition) is 2. The Morgan fingerprint density at radius 3 is 2.53 bits per heavy atom. The van der Waals surface area contributed by atoms with E-state index in [0.717, 1.165) is 11.3 Å². The highest BCUT2D eigenvalue weighted by molar-refractivity contribution is 6.43. The smallest absolute Gasteiger partial charge is 0.322 e. The Labute approximate surface area is 229 Å². The van der Waals surface area contributed by atoms with Gasteiger partial charge in [0.1, 0.15) is 5.75 Å². The Hall–Kier alpha value is -4.01. The van der Waals surface area contributed by atoms with Gasteiger partial charge in [-0.3, -0.25) is 4.79 Å². The molecule has 3 aromatic carbocycles. The lowest BCUT2D eigenvalue weighted by Crippen LogP contribution is -2.43. The molecule has 2 N–H and O–H groups in total. The van der Waals surface area contributed by atoms with E-state index >= 15 is 0 Å². The Kier molecular flexibility index (Phi) is 7.53. The summed E-state index contributed by atoms with van der Waals surface area (Å²) >= 11 is 12.3. The van der Waals surface area contributed by atoms with Gasteiger partial charge in [-0.1, -0.05) is 59.6 Å². The van der Waals surface area contributed by atoms with Gasteiger partial charge in [-0.15, -0.1) is 0 Å². The van der Waals surface area contributed by atoms with E-state index in [1.807, 2.05) is 54.6 Å². The number of nitrogens with zero attached hydrogens (tertiary/aromatic N) is 3. The molecule has 2 amide bonds. The quantitative estimate of drug-likeness (QED) is 0.319. The molecule has 1 aliphatic rings. The highest BCUT2D eigenvalue weighted by atomic mass is 35.5. The van der Waals surface area contributed by atoms with E-state index in [0.29, 0.717) is 53.1 Å². The Bertz CT molecular complexity index is 1520. The summed E-state index contributed by atoms with van der Waals surface area (Å²) in [5, 5.41) is 6.73. The maximum Gasteiger partial charge on any atom is 0.322 e. The summed E-state index contributed by atoms with van der Waals surface area (Å²) in [5.74, 6) is 1.22. The number of aromatic nitrogens is 2. The van der Waals surface area contributed by atoms with Gasteiger partial charge in [0.05, 0.1) is 46.3 Å². The van der Waals surface area contributed by atoms with Gasteiger partial charge in [-0.25, -0.2) is 14.3 Å². The molecule has 0 radical (unpaired) electrons. The first-order valence-corrected chi connectivity index (χ1v) is 12.8. The lowest BCUT2D eigenvalue weighted by Gasteiger charge is -2.29. The SMILES string of the molecule is COc1ccc(CNc2nc3c(c(=O)n2-c2ccccc2)CN(C(=O)Nc2cccc(Cl)c2Cl)CC3)cc1. The number of anilines is 2. The molecule has 4 aromatic rings. The molecule has 194 valence electrons. The van der Waals surface area contributed by atoms with Crippen LogP contribution in [0.25, 0.3) is 5.69 Å². The zero-order valence-corrected chi connectivity index (χ0v) is 22.1. The molecular formula is C28H25Cl2N5O3. The monoisotopic (exact) mass is 549 g/mol. The van der Waals surface area contributed by atoms with Crippen LogP contribution in [0.15, 0.2) is 77.6 Å². The van der Waals surface area contributed by atoms with Crippen molar-refractivity contribution in [2.24, 2.45) is 0 Å². The molecule has 38 heavy (non-hydrogen) atoms. The van der Waals surface area contributed by atoms with Gasteiger partial charge in [0.15, 0.2) is 0 Å². The fourth-order valence-corrected chi connectivity index (χ4v) is 4.65. The van der Waals surface area contributed by atoms with Crippen molar-refractivity contribution in [2.45, 2.75) is 19.5 Å². The first-order valence-electron chi connectivity index (χ1n) is 12.0. The number of fused-ring (bicyclic) bond motifs is 1. The molecule has 0 atom stereocenters. The number of benzene rings is 3. The molecule has 0 saturated carbocycles. The average Bonchev–Trinajstić information content (AvgIpc) is 2.95. The Morgan fingerprint density at radius 1 is 1.03 bits per heavy atom. The summed E-state index contributed by atoms with van der Waals surface area (Å²) in [4.78, 5) is 33.3.